The molecule has 1 amide bonds. The van der Waals surface area contributed by atoms with Gasteiger partial charge in [0.1, 0.15) is 5.76 Å². The maximum absolute atomic E-state index is 12.6. The molecule has 1 aliphatic heterocycles. The predicted molar refractivity (Wildman–Crippen MR) is 106 cm³/mol. The van der Waals surface area contributed by atoms with Gasteiger partial charge in [-0.2, -0.15) is 0 Å². The molecule has 3 heterocycles. The number of aryl methyl sites for hydroxylation is 1. The van der Waals surface area contributed by atoms with Gasteiger partial charge in [-0.3, -0.25) is 14.6 Å². The third kappa shape index (κ3) is 4.18. The maximum atomic E-state index is 12.6. The van der Waals surface area contributed by atoms with Crippen LogP contribution in [0.2, 0.25) is 0 Å². The van der Waals surface area contributed by atoms with Crippen LogP contribution in [-0.2, 0) is 11.3 Å². The predicted octanol–water partition coefficient (Wildman–Crippen LogP) is 2.74. The zero-order valence-electron chi connectivity index (χ0n) is 15.5. The number of amides is 1. The third-order valence-corrected chi connectivity index (χ3v) is 5.87. The van der Waals surface area contributed by atoms with Gasteiger partial charge in [0.05, 0.1) is 22.0 Å². The summed E-state index contributed by atoms with van der Waals surface area (Å²) in [5.41, 5.74) is 1.88. The van der Waals surface area contributed by atoms with Crippen molar-refractivity contribution < 1.29 is 9.32 Å². The molecule has 1 saturated heterocycles. The topological polar surface area (TPSA) is 74.5 Å². The van der Waals surface area contributed by atoms with Gasteiger partial charge in [-0.1, -0.05) is 28.6 Å². The zero-order chi connectivity index (χ0) is 18.8. The quantitative estimate of drug-likeness (QED) is 0.728. The van der Waals surface area contributed by atoms with Gasteiger partial charge in [0.2, 0.25) is 5.91 Å². The number of anilines is 1. The summed E-state index contributed by atoms with van der Waals surface area (Å²) in [5.74, 6) is 0.832. The average molecular weight is 385 g/mol. The Labute approximate surface area is 162 Å². The number of carbonyl (C=O) groups excluding carboxylic acids is 1. The van der Waals surface area contributed by atoms with Gasteiger partial charge in [0.15, 0.2) is 5.13 Å². The van der Waals surface area contributed by atoms with Crippen molar-refractivity contribution in [3.05, 3.63) is 41.8 Å². The Morgan fingerprint density at radius 2 is 2.07 bits per heavy atom. The SMILES string of the molecule is Cc1cc(CN2CCN(C(C)C(=O)Nc3nc4ccccc4s3)CC2)no1. The Hall–Kier alpha value is -2.29. The van der Waals surface area contributed by atoms with Crippen LogP contribution in [0.5, 0.6) is 0 Å². The van der Waals surface area contributed by atoms with Crippen molar-refractivity contribution in [2.24, 2.45) is 0 Å². The summed E-state index contributed by atoms with van der Waals surface area (Å²) in [7, 11) is 0. The fourth-order valence-electron chi connectivity index (χ4n) is 3.33. The van der Waals surface area contributed by atoms with E-state index in [1.165, 1.54) is 11.3 Å². The minimum atomic E-state index is -0.187. The van der Waals surface area contributed by atoms with Crippen LogP contribution in [0.25, 0.3) is 10.2 Å². The van der Waals surface area contributed by atoms with E-state index >= 15 is 0 Å². The van der Waals surface area contributed by atoms with E-state index in [1.807, 2.05) is 44.2 Å². The number of fused-ring (bicyclic) bond motifs is 1. The number of thiazole rings is 1. The average Bonchev–Trinajstić information content (AvgIpc) is 3.26. The summed E-state index contributed by atoms with van der Waals surface area (Å²) < 4.78 is 6.21. The number of para-hydroxylation sites is 1. The van der Waals surface area contributed by atoms with Crippen LogP contribution in [0.15, 0.2) is 34.9 Å². The van der Waals surface area contributed by atoms with E-state index in [0.717, 1.165) is 54.4 Å². The normalized spacial score (nSPS) is 17.3. The molecular weight excluding hydrogens is 362 g/mol. The van der Waals surface area contributed by atoms with Crippen molar-refractivity contribution in [2.75, 3.05) is 31.5 Å². The number of hydrogen-bond donors (Lipinski definition) is 1. The summed E-state index contributed by atoms with van der Waals surface area (Å²) in [6.45, 7) is 8.17. The first kappa shape index (κ1) is 18.1. The molecule has 3 aromatic rings. The molecular formula is C19H23N5O2S. The number of rotatable bonds is 5. The highest BCUT2D eigenvalue weighted by Crippen LogP contribution is 2.25. The highest BCUT2D eigenvalue weighted by Gasteiger charge is 2.26. The molecule has 0 spiro atoms. The second-order valence-corrected chi connectivity index (χ2v) is 7.92. The number of nitrogens with zero attached hydrogens (tertiary/aromatic N) is 4. The van der Waals surface area contributed by atoms with Gasteiger partial charge in [0.25, 0.3) is 0 Å². The smallest absolute Gasteiger partial charge is 0.243 e. The fraction of sp³-hybridized carbons (Fsp3) is 0.421. The molecule has 1 unspecified atom stereocenters. The van der Waals surface area contributed by atoms with Crippen LogP contribution in [0.3, 0.4) is 0 Å². The number of piperazine rings is 1. The second-order valence-electron chi connectivity index (χ2n) is 6.89. The van der Waals surface area contributed by atoms with Gasteiger partial charge in [-0.05, 0) is 26.0 Å². The summed E-state index contributed by atoms with van der Waals surface area (Å²) in [6, 6.07) is 9.70. The first-order chi connectivity index (χ1) is 13.1. The van der Waals surface area contributed by atoms with Crippen molar-refractivity contribution >= 4 is 32.6 Å². The van der Waals surface area contributed by atoms with Gasteiger partial charge < -0.3 is 9.84 Å². The zero-order valence-corrected chi connectivity index (χ0v) is 16.3. The van der Waals surface area contributed by atoms with Crippen LogP contribution in [0.1, 0.15) is 18.4 Å². The summed E-state index contributed by atoms with van der Waals surface area (Å²) in [6.07, 6.45) is 0. The number of carbonyl (C=O) groups is 1. The summed E-state index contributed by atoms with van der Waals surface area (Å²) >= 11 is 1.51. The van der Waals surface area contributed by atoms with Gasteiger partial charge in [-0.25, -0.2) is 4.98 Å². The highest BCUT2D eigenvalue weighted by molar-refractivity contribution is 7.22. The van der Waals surface area contributed by atoms with E-state index in [0.29, 0.717) is 5.13 Å². The number of aromatic nitrogens is 2. The standard InChI is InChI=1S/C19H23N5O2S/c1-13-11-15(22-26-13)12-23-7-9-24(10-8-23)14(2)18(25)21-19-20-16-5-3-4-6-17(16)27-19/h3-6,11,14H,7-10,12H2,1-2H3,(H,20,21,25). The number of benzene rings is 1. The lowest BCUT2D eigenvalue weighted by Gasteiger charge is -2.36. The van der Waals surface area contributed by atoms with Crippen LogP contribution in [0.4, 0.5) is 5.13 Å². The maximum Gasteiger partial charge on any atom is 0.243 e. The van der Waals surface area contributed by atoms with Crippen molar-refractivity contribution in [1.82, 2.24) is 19.9 Å². The number of hydrogen-bond acceptors (Lipinski definition) is 7. The van der Waals surface area contributed by atoms with Crippen LogP contribution in [-0.4, -0.2) is 58.1 Å². The summed E-state index contributed by atoms with van der Waals surface area (Å²) in [4.78, 5) is 21.7. The Morgan fingerprint density at radius 1 is 1.30 bits per heavy atom. The van der Waals surface area contributed by atoms with Crippen LogP contribution < -0.4 is 5.32 Å². The lowest BCUT2D eigenvalue weighted by atomic mass is 10.2. The lowest BCUT2D eigenvalue weighted by Crippen LogP contribution is -2.52. The monoisotopic (exact) mass is 385 g/mol. The molecule has 8 heteroatoms. The van der Waals surface area contributed by atoms with Crippen LogP contribution in [0, 0.1) is 6.92 Å². The molecule has 0 radical (unpaired) electrons. The van der Waals surface area contributed by atoms with Crippen molar-refractivity contribution in [2.45, 2.75) is 26.4 Å². The van der Waals surface area contributed by atoms with E-state index in [4.69, 9.17) is 4.52 Å². The second kappa shape index (κ2) is 7.75. The van der Waals surface area contributed by atoms with Gasteiger partial charge in [0, 0.05) is 38.8 Å². The highest BCUT2D eigenvalue weighted by atomic mass is 32.1. The van der Waals surface area contributed by atoms with Crippen LogP contribution >= 0.6 is 11.3 Å². The number of nitrogens with one attached hydrogen (secondary N) is 1. The molecule has 1 atom stereocenters. The van der Waals surface area contributed by atoms with E-state index in [-0.39, 0.29) is 11.9 Å². The van der Waals surface area contributed by atoms with Gasteiger partial charge in [-0.15, -0.1) is 0 Å². The molecule has 1 aromatic carbocycles. The minimum Gasteiger partial charge on any atom is -0.361 e. The molecule has 27 heavy (non-hydrogen) atoms. The molecule has 4 rings (SSSR count). The Morgan fingerprint density at radius 3 is 2.78 bits per heavy atom. The molecule has 0 bridgehead atoms. The first-order valence-electron chi connectivity index (χ1n) is 9.13. The fourth-order valence-corrected chi connectivity index (χ4v) is 4.20. The third-order valence-electron chi connectivity index (χ3n) is 4.92. The summed E-state index contributed by atoms with van der Waals surface area (Å²) in [5, 5.41) is 7.69. The Balaban J connectivity index is 1.30. The van der Waals surface area contributed by atoms with Crippen molar-refractivity contribution in [3.8, 4) is 0 Å². The Kier molecular flexibility index (Phi) is 5.20. The van der Waals surface area contributed by atoms with Crippen molar-refractivity contribution in [3.63, 3.8) is 0 Å². The lowest BCUT2D eigenvalue weighted by molar-refractivity contribution is -0.121. The van der Waals surface area contributed by atoms with Gasteiger partial charge >= 0.3 is 0 Å². The first-order valence-corrected chi connectivity index (χ1v) is 9.95. The molecule has 0 aliphatic carbocycles. The largest absolute Gasteiger partial charge is 0.361 e. The molecule has 142 valence electrons. The van der Waals surface area contributed by atoms with E-state index < -0.39 is 0 Å². The molecule has 7 nitrogen and oxygen atoms in total. The van der Waals surface area contributed by atoms with Crippen molar-refractivity contribution in [1.29, 1.82) is 0 Å². The molecule has 0 saturated carbocycles. The minimum absolute atomic E-state index is 0.00497. The van der Waals surface area contributed by atoms with E-state index in [9.17, 15) is 4.79 Å². The Bertz CT molecular complexity index is 896. The molecule has 1 aliphatic rings. The molecule has 2 aromatic heterocycles. The molecule has 1 fully saturated rings. The van der Waals surface area contributed by atoms with E-state index in [1.54, 1.807) is 0 Å². The van der Waals surface area contributed by atoms with E-state index in [2.05, 4.69) is 25.3 Å². The molecule has 1 N–H and O–H groups in total.